The van der Waals surface area contributed by atoms with Crippen molar-refractivity contribution < 1.29 is 9.53 Å². The third-order valence-electron chi connectivity index (χ3n) is 3.71. The molecule has 0 aliphatic carbocycles. The van der Waals surface area contributed by atoms with Crippen molar-refractivity contribution >= 4 is 16.9 Å². The number of aromatic nitrogens is 1. The van der Waals surface area contributed by atoms with E-state index < -0.39 is 0 Å². The van der Waals surface area contributed by atoms with Gasteiger partial charge in [0.1, 0.15) is 0 Å². The molecule has 2 aromatic carbocycles. The Morgan fingerprint density at radius 3 is 2.57 bits per heavy atom. The van der Waals surface area contributed by atoms with Crippen LogP contribution in [0.5, 0.6) is 0 Å². The van der Waals surface area contributed by atoms with Crippen molar-refractivity contribution in [3.05, 3.63) is 71.4 Å². The van der Waals surface area contributed by atoms with E-state index in [0.717, 1.165) is 17.4 Å². The third-order valence-corrected chi connectivity index (χ3v) is 3.71. The second-order valence-corrected chi connectivity index (χ2v) is 5.12. The maximum atomic E-state index is 11.6. The Balaban J connectivity index is 2.04. The first-order chi connectivity index (χ1) is 10.2. The number of carbonyl (C=O) groups excluding carboxylic acids is 1. The van der Waals surface area contributed by atoms with E-state index in [-0.39, 0.29) is 5.97 Å². The Morgan fingerprint density at radius 1 is 1.10 bits per heavy atom. The lowest BCUT2D eigenvalue weighted by molar-refractivity contribution is 0.0601. The molecule has 3 rings (SSSR count). The highest BCUT2D eigenvalue weighted by Gasteiger charge is 2.10. The lowest BCUT2D eigenvalue weighted by Crippen LogP contribution is -2.02. The van der Waals surface area contributed by atoms with Crippen LogP contribution in [-0.2, 0) is 11.3 Å². The summed E-state index contributed by atoms with van der Waals surface area (Å²) < 4.78 is 7.03. The summed E-state index contributed by atoms with van der Waals surface area (Å²) in [7, 11) is 1.40. The number of methoxy groups -OCH3 is 1. The van der Waals surface area contributed by atoms with Gasteiger partial charge in [0.15, 0.2) is 0 Å². The van der Waals surface area contributed by atoms with E-state index in [2.05, 4.69) is 29.7 Å². The van der Waals surface area contributed by atoms with Gasteiger partial charge in [-0.2, -0.15) is 0 Å². The number of ether oxygens (including phenoxy) is 1. The Morgan fingerprint density at radius 2 is 1.86 bits per heavy atom. The molecule has 1 heterocycles. The zero-order chi connectivity index (χ0) is 14.8. The van der Waals surface area contributed by atoms with Crippen molar-refractivity contribution in [1.82, 2.24) is 4.57 Å². The van der Waals surface area contributed by atoms with Gasteiger partial charge in [-0.15, -0.1) is 0 Å². The molecule has 0 N–H and O–H groups in total. The van der Waals surface area contributed by atoms with Crippen LogP contribution in [-0.4, -0.2) is 17.6 Å². The molecule has 0 spiro atoms. The SMILES string of the molecule is COC(=O)c1ccc2c(c1)cc(C)n2Cc1ccccc1. The molecule has 1 aromatic heterocycles. The Labute approximate surface area is 123 Å². The van der Waals surface area contributed by atoms with Crippen LogP contribution in [0.4, 0.5) is 0 Å². The minimum absolute atomic E-state index is 0.301. The monoisotopic (exact) mass is 279 g/mol. The zero-order valence-electron chi connectivity index (χ0n) is 12.2. The predicted octanol–water partition coefficient (Wildman–Crippen LogP) is 3.78. The van der Waals surface area contributed by atoms with Crippen LogP contribution >= 0.6 is 0 Å². The van der Waals surface area contributed by atoms with Gasteiger partial charge >= 0.3 is 5.97 Å². The predicted molar refractivity (Wildman–Crippen MR) is 83.6 cm³/mol. The summed E-state index contributed by atoms with van der Waals surface area (Å²) in [5.74, 6) is -0.301. The highest BCUT2D eigenvalue weighted by atomic mass is 16.5. The Hall–Kier alpha value is -2.55. The van der Waals surface area contributed by atoms with Crippen LogP contribution < -0.4 is 0 Å². The molecule has 21 heavy (non-hydrogen) atoms. The van der Waals surface area contributed by atoms with Crippen molar-refractivity contribution in [3.8, 4) is 0 Å². The van der Waals surface area contributed by atoms with Gasteiger partial charge in [-0.05, 0) is 36.8 Å². The van der Waals surface area contributed by atoms with Gasteiger partial charge in [-0.3, -0.25) is 0 Å². The third kappa shape index (κ3) is 2.55. The molecule has 0 unspecified atom stereocenters. The van der Waals surface area contributed by atoms with Crippen molar-refractivity contribution in [3.63, 3.8) is 0 Å². The summed E-state index contributed by atoms with van der Waals surface area (Å²) in [5, 5.41) is 1.06. The highest BCUT2D eigenvalue weighted by Crippen LogP contribution is 2.22. The number of benzene rings is 2. The molecule has 0 saturated heterocycles. The average Bonchev–Trinajstić information content (AvgIpc) is 2.82. The van der Waals surface area contributed by atoms with Gasteiger partial charge in [0, 0.05) is 23.1 Å². The smallest absolute Gasteiger partial charge is 0.337 e. The Kier molecular flexibility index (Phi) is 3.48. The van der Waals surface area contributed by atoms with E-state index in [4.69, 9.17) is 4.74 Å². The molecule has 3 heteroatoms. The molecular formula is C18H17NO2. The van der Waals surface area contributed by atoms with Gasteiger partial charge in [-0.25, -0.2) is 4.79 Å². The molecule has 0 fully saturated rings. The number of fused-ring (bicyclic) bond motifs is 1. The fourth-order valence-electron chi connectivity index (χ4n) is 2.63. The maximum Gasteiger partial charge on any atom is 0.337 e. The minimum Gasteiger partial charge on any atom is -0.465 e. The fraction of sp³-hybridized carbons (Fsp3) is 0.167. The van der Waals surface area contributed by atoms with Gasteiger partial charge < -0.3 is 9.30 Å². The summed E-state index contributed by atoms with van der Waals surface area (Å²) >= 11 is 0. The van der Waals surface area contributed by atoms with Crippen molar-refractivity contribution in [2.75, 3.05) is 7.11 Å². The zero-order valence-corrected chi connectivity index (χ0v) is 12.2. The van der Waals surface area contributed by atoms with Crippen LogP contribution in [0, 0.1) is 6.92 Å². The molecule has 3 aromatic rings. The minimum atomic E-state index is -0.301. The molecule has 0 atom stereocenters. The van der Waals surface area contributed by atoms with Crippen LogP contribution in [0.1, 0.15) is 21.6 Å². The molecule has 0 radical (unpaired) electrons. The summed E-state index contributed by atoms with van der Waals surface area (Å²) in [6, 6.07) is 18.1. The fourth-order valence-corrected chi connectivity index (χ4v) is 2.63. The van der Waals surface area contributed by atoms with Gasteiger partial charge in [0.2, 0.25) is 0 Å². The van der Waals surface area contributed by atoms with Crippen LogP contribution in [0.15, 0.2) is 54.6 Å². The molecular weight excluding hydrogens is 262 g/mol. The van der Waals surface area contributed by atoms with Crippen molar-refractivity contribution in [1.29, 1.82) is 0 Å². The number of hydrogen-bond donors (Lipinski definition) is 0. The normalized spacial score (nSPS) is 10.8. The number of nitrogens with zero attached hydrogens (tertiary/aromatic N) is 1. The average molecular weight is 279 g/mol. The van der Waals surface area contributed by atoms with Crippen molar-refractivity contribution in [2.45, 2.75) is 13.5 Å². The molecule has 0 bridgehead atoms. The first kappa shape index (κ1) is 13.4. The first-order valence-corrected chi connectivity index (χ1v) is 6.91. The molecule has 0 aliphatic heterocycles. The topological polar surface area (TPSA) is 31.2 Å². The van der Waals surface area contributed by atoms with E-state index in [1.165, 1.54) is 18.4 Å². The lowest BCUT2D eigenvalue weighted by Gasteiger charge is -2.08. The standard InChI is InChI=1S/C18H17NO2/c1-13-10-16-11-15(18(20)21-2)8-9-17(16)19(13)12-14-6-4-3-5-7-14/h3-11H,12H2,1-2H3. The summed E-state index contributed by atoms with van der Waals surface area (Å²) in [5.41, 5.74) is 4.15. The maximum absolute atomic E-state index is 11.6. The molecule has 0 aliphatic rings. The van der Waals surface area contributed by atoms with E-state index in [0.29, 0.717) is 5.56 Å². The first-order valence-electron chi connectivity index (χ1n) is 6.91. The molecule has 0 amide bonds. The van der Waals surface area contributed by atoms with Crippen molar-refractivity contribution in [2.24, 2.45) is 0 Å². The second kappa shape index (κ2) is 5.44. The lowest BCUT2D eigenvalue weighted by atomic mass is 10.1. The van der Waals surface area contributed by atoms with E-state index in [1.807, 2.05) is 36.4 Å². The summed E-state index contributed by atoms with van der Waals surface area (Å²) in [6.45, 7) is 2.91. The second-order valence-electron chi connectivity index (χ2n) is 5.12. The Bertz CT molecular complexity index is 788. The highest BCUT2D eigenvalue weighted by molar-refractivity contribution is 5.95. The largest absolute Gasteiger partial charge is 0.465 e. The number of hydrogen-bond acceptors (Lipinski definition) is 2. The number of aryl methyl sites for hydroxylation is 1. The number of rotatable bonds is 3. The molecule has 106 valence electrons. The molecule has 0 saturated carbocycles. The van der Waals surface area contributed by atoms with Crippen LogP contribution in [0.25, 0.3) is 10.9 Å². The summed E-state index contributed by atoms with van der Waals surface area (Å²) in [6.07, 6.45) is 0. The molecule has 3 nitrogen and oxygen atoms in total. The van der Waals surface area contributed by atoms with E-state index in [9.17, 15) is 4.79 Å². The van der Waals surface area contributed by atoms with E-state index in [1.54, 1.807) is 0 Å². The van der Waals surface area contributed by atoms with Crippen LogP contribution in [0.3, 0.4) is 0 Å². The van der Waals surface area contributed by atoms with Gasteiger partial charge in [-0.1, -0.05) is 30.3 Å². The summed E-state index contributed by atoms with van der Waals surface area (Å²) in [4.78, 5) is 11.6. The van der Waals surface area contributed by atoms with Crippen LogP contribution in [0.2, 0.25) is 0 Å². The van der Waals surface area contributed by atoms with E-state index >= 15 is 0 Å². The van der Waals surface area contributed by atoms with Gasteiger partial charge in [0.25, 0.3) is 0 Å². The van der Waals surface area contributed by atoms with Gasteiger partial charge in [0.05, 0.1) is 12.7 Å². The number of carbonyl (C=O) groups is 1. The quantitative estimate of drug-likeness (QED) is 0.683. The number of esters is 1.